The number of phenols is 1. The number of rotatable bonds is 1. The molecule has 0 bridgehead atoms. The molecule has 0 spiro atoms. The van der Waals surface area contributed by atoms with Crippen LogP contribution >= 0.6 is 0 Å². The van der Waals surface area contributed by atoms with Gasteiger partial charge in [0.25, 0.3) is 0 Å². The van der Waals surface area contributed by atoms with Gasteiger partial charge in [0.1, 0.15) is 11.6 Å². The van der Waals surface area contributed by atoms with Crippen LogP contribution in [0, 0.1) is 0 Å². The Hall–Kier alpha value is -1.81. The Bertz CT molecular complexity index is 531. The van der Waals surface area contributed by atoms with Gasteiger partial charge in [-0.15, -0.1) is 0 Å². The van der Waals surface area contributed by atoms with E-state index >= 15 is 0 Å². The zero-order valence-corrected chi connectivity index (χ0v) is 9.37. The molecule has 1 atom stereocenters. The van der Waals surface area contributed by atoms with Crippen LogP contribution in [0.3, 0.4) is 0 Å². The van der Waals surface area contributed by atoms with Crippen LogP contribution in [0.5, 0.6) is 5.75 Å². The highest BCUT2D eigenvalue weighted by Gasteiger charge is 2.18. The van der Waals surface area contributed by atoms with Crippen molar-refractivity contribution in [2.75, 3.05) is 0 Å². The van der Waals surface area contributed by atoms with Crippen molar-refractivity contribution in [3.8, 4) is 17.0 Å². The highest BCUT2D eigenvalue weighted by atomic mass is 16.3. The fourth-order valence-corrected chi connectivity index (χ4v) is 2.20. The molecule has 3 rings (SSSR count). The van der Waals surface area contributed by atoms with Crippen LogP contribution in [0.4, 0.5) is 0 Å². The second-order valence-corrected chi connectivity index (χ2v) is 4.43. The molecular weight excluding hydrogens is 216 g/mol. The minimum atomic E-state index is -0.260. The van der Waals surface area contributed by atoms with Crippen molar-refractivity contribution < 1.29 is 10.2 Å². The summed E-state index contributed by atoms with van der Waals surface area (Å²) in [5.74, 6) is 1.28. The van der Waals surface area contributed by atoms with Gasteiger partial charge in [-0.25, -0.2) is 4.98 Å². The number of aromatic hydroxyl groups is 1. The number of nitrogens with zero attached hydrogens (tertiary/aromatic N) is 2. The Morgan fingerprint density at radius 3 is 2.76 bits per heavy atom. The number of imidazole rings is 1. The molecule has 2 aromatic rings. The molecule has 0 aliphatic carbocycles. The van der Waals surface area contributed by atoms with Gasteiger partial charge in [0.05, 0.1) is 11.8 Å². The van der Waals surface area contributed by atoms with Crippen LogP contribution in [0.2, 0.25) is 0 Å². The molecule has 0 saturated heterocycles. The van der Waals surface area contributed by atoms with E-state index in [1.165, 1.54) is 0 Å². The molecule has 1 unspecified atom stereocenters. The molecule has 88 valence electrons. The lowest BCUT2D eigenvalue weighted by atomic mass is 10.1. The summed E-state index contributed by atoms with van der Waals surface area (Å²) in [4.78, 5) is 4.56. The van der Waals surface area contributed by atoms with E-state index in [2.05, 4.69) is 4.98 Å². The summed E-state index contributed by atoms with van der Waals surface area (Å²) in [7, 11) is 0. The smallest absolute Gasteiger partial charge is 0.115 e. The van der Waals surface area contributed by atoms with Crippen molar-refractivity contribution in [1.82, 2.24) is 9.55 Å². The second-order valence-electron chi connectivity index (χ2n) is 4.43. The van der Waals surface area contributed by atoms with Crippen LogP contribution in [0.25, 0.3) is 11.3 Å². The number of aliphatic hydroxyl groups excluding tert-OH is 1. The van der Waals surface area contributed by atoms with Gasteiger partial charge in [-0.1, -0.05) is 0 Å². The molecule has 0 fully saturated rings. The number of hydrogen-bond donors (Lipinski definition) is 2. The summed E-state index contributed by atoms with van der Waals surface area (Å²) in [6.45, 7) is 0.625. The third-order valence-corrected chi connectivity index (χ3v) is 3.13. The van der Waals surface area contributed by atoms with Gasteiger partial charge in [0.15, 0.2) is 0 Å². The number of phenolic OH excluding ortho intramolecular Hbond substituents is 1. The Labute approximate surface area is 99.2 Å². The lowest BCUT2D eigenvalue weighted by Gasteiger charge is -2.18. The minimum Gasteiger partial charge on any atom is -0.508 e. The fourth-order valence-electron chi connectivity index (χ4n) is 2.20. The van der Waals surface area contributed by atoms with Crippen LogP contribution < -0.4 is 0 Å². The molecule has 1 aromatic heterocycles. The Balaban J connectivity index is 1.97. The molecule has 0 amide bonds. The predicted molar refractivity (Wildman–Crippen MR) is 63.7 cm³/mol. The number of aryl methyl sites for hydroxylation is 1. The highest BCUT2D eigenvalue weighted by molar-refractivity contribution is 5.59. The summed E-state index contributed by atoms with van der Waals surface area (Å²) in [6, 6.07) is 7.01. The molecule has 0 saturated carbocycles. The number of fused-ring (bicyclic) bond motifs is 1. The van der Waals surface area contributed by atoms with Gasteiger partial charge in [-0.3, -0.25) is 0 Å². The number of benzene rings is 1. The lowest BCUT2D eigenvalue weighted by Crippen LogP contribution is -2.23. The SMILES string of the molecule is Oc1ccc(-c2cn3c(n2)CCC(O)C3)cc1. The van der Waals surface area contributed by atoms with Crippen molar-refractivity contribution in [2.24, 2.45) is 0 Å². The standard InChI is InChI=1S/C13H14N2O2/c16-10-3-1-9(2-4-10)12-8-15-7-11(17)5-6-13(15)14-12/h1-4,8,11,16-17H,5-7H2. The van der Waals surface area contributed by atoms with Gasteiger partial charge >= 0.3 is 0 Å². The highest BCUT2D eigenvalue weighted by Crippen LogP contribution is 2.24. The molecule has 17 heavy (non-hydrogen) atoms. The zero-order valence-electron chi connectivity index (χ0n) is 9.37. The van der Waals surface area contributed by atoms with Gasteiger partial charge in [-0.2, -0.15) is 0 Å². The first-order valence-corrected chi connectivity index (χ1v) is 5.76. The summed E-state index contributed by atoms with van der Waals surface area (Å²) < 4.78 is 2.01. The van der Waals surface area contributed by atoms with E-state index in [0.29, 0.717) is 6.54 Å². The normalized spacial score (nSPS) is 19.0. The molecular formula is C13H14N2O2. The van der Waals surface area contributed by atoms with E-state index in [0.717, 1.165) is 29.9 Å². The molecule has 1 aliphatic heterocycles. The maximum absolute atomic E-state index is 9.59. The molecule has 4 heteroatoms. The summed E-state index contributed by atoms with van der Waals surface area (Å²) in [5, 5.41) is 18.8. The Morgan fingerprint density at radius 1 is 1.24 bits per heavy atom. The topological polar surface area (TPSA) is 58.3 Å². The van der Waals surface area contributed by atoms with E-state index in [1.54, 1.807) is 12.1 Å². The average molecular weight is 230 g/mol. The van der Waals surface area contributed by atoms with Crippen molar-refractivity contribution in [2.45, 2.75) is 25.5 Å². The number of aliphatic hydroxyl groups is 1. The van der Waals surface area contributed by atoms with E-state index in [4.69, 9.17) is 0 Å². The summed E-state index contributed by atoms with van der Waals surface area (Å²) >= 11 is 0. The molecule has 2 heterocycles. The quantitative estimate of drug-likeness (QED) is 0.781. The summed E-state index contributed by atoms with van der Waals surface area (Å²) in [5.41, 5.74) is 1.88. The van der Waals surface area contributed by atoms with Crippen molar-refractivity contribution in [3.05, 3.63) is 36.3 Å². The van der Waals surface area contributed by atoms with Gasteiger partial charge in [-0.05, 0) is 30.7 Å². The predicted octanol–water partition coefficient (Wildman–Crippen LogP) is 1.56. The molecule has 4 nitrogen and oxygen atoms in total. The maximum Gasteiger partial charge on any atom is 0.115 e. The zero-order chi connectivity index (χ0) is 11.8. The first-order chi connectivity index (χ1) is 8.22. The Morgan fingerprint density at radius 2 is 2.00 bits per heavy atom. The van der Waals surface area contributed by atoms with Crippen LogP contribution in [-0.2, 0) is 13.0 Å². The number of aromatic nitrogens is 2. The first kappa shape index (κ1) is 10.4. The van der Waals surface area contributed by atoms with Crippen molar-refractivity contribution >= 4 is 0 Å². The lowest BCUT2D eigenvalue weighted by molar-refractivity contribution is 0.130. The largest absolute Gasteiger partial charge is 0.508 e. The van der Waals surface area contributed by atoms with E-state index < -0.39 is 0 Å². The Kier molecular flexibility index (Phi) is 2.37. The first-order valence-electron chi connectivity index (χ1n) is 5.76. The van der Waals surface area contributed by atoms with Crippen LogP contribution in [-0.4, -0.2) is 25.9 Å². The maximum atomic E-state index is 9.59. The molecule has 2 N–H and O–H groups in total. The van der Waals surface area contributed by atoms with Gasteiger partial charge in [0, 0.05) is 24.7 Å². The third kappa shape index (κ3) is 1.91. The van der Waals surface area contributed by atoms with E-state index in [9.17, 15) is 10.2 Å². The molecule has 1 aromatic carbocycles. The van der Waals surface area contributed by atoms with E-state index in [-0.39, 0.29) is 11.9 Å². The van der Waals surface area contributed by atoms with Crippen LogP contribution in [0.15, 0.2) is 30.5 Å². The monoisotopic (exact) mass is 230 g/mol. The second kappa shape index (κ2) is 3.89. The van der Waals surface area contributed by atoms with E-state index in [1.807, 2.05) is 22.9 Å². The van der Waals surface area contributed by atoms with Crippen LogP contribution in [0.1, 0.15) is 12.2 Å². The molecule has 1 aliphatic rings. The average Bonchev–Trinajstić information content (AvgIpc) is 2.72. The van der Waals surface area contributed by atoms with Crippen molar-refractivity contribution in [3.63, 3.8) is 0 Å². The molecule has 0 radical (unpaired) electrons. The van der Waals surface area contributed by atoms with Gasteiger partial charge in [0.2, 0.25) is 0 Å². The fraction of sp³-hybridized carbons (Fsp3) is 0.308. The minimum absolute atomic E-state index is 0.258. The third-order valence-electron chi connectivity index (χ3n) is 3.13. The number of hydrogen-bond acceptors (Lipinski definition) is 3. The summed E-state index contributed by atoms with van der Waals surface area (Å²) in [6.07, 6.45) is 3.31. The van der Waals surface area contributed by atoms with Crippen molar-refractivity contribution in [1.29, 1.82) is 0 Å². The van der Waals surface area contributed by atoms with Gasteiger partial charge < -0.3 is 14.8 Å².